The van der Waals surface area contributed by atoms with E-state index in [-0.39, 0.29) is 12.3 Å². The summed E-state index contributed by atoms with van der Waals surface area (Å²) < 4.78 is 5.67. The Balaban J connectivity index is 1.96. The molecule has 5 heteroatoms. The molecule has 0 atom stereocenters. The van der Waals surface area contributed by atoms with Crippen LogP contribution < -0.4 is 21.5 Å². The van der Waals surface area contributed by atoms with Gasteiger partial charge in [0, 0.05) is 13.1 Å². The molecule has 5 N–H and O–H groups in total. The van der Waals surface area contributed by atoms with Crippen LogP contribution in [0, 0.1) is 6.92 Å². The van der Waals surface area contributed by atoms with E-state index in [4.69, 9.17) is 16.2 Å². The van der Waals surface area contributed by atoms with Crippen molar-refractivity contribution in [3.8, 4) is 5.75 Å². The van der Waals surface area contributed by atoms with Gasteiger partial charge in [-0.25, -0.2) is 0 Å². The molecule has 0 radical (unpaired) electrons. The van der Waals surface area contributed by atoms with Crippen LogP contribution in [-0.4, -0.2) is 25.6 Å². The van der Waals surface area contributed by atoms with Gasteiger partial charge in [-0.3, -0.25) is 4.79 Å². The molecular weight excluding hydrogens is 314 g/mol. The summed E-state index contributed by atoms with van der Waals surface area (Å²) in [4.78, 5) is 11.1. The lowest BCUT2D eigenvalue weighted by Crippen LogP contribution is -2.15. The van der Waals surface area contributed by atoms with Gasteiger partial charge in [0.15, 0.2) is 0 Å². The first kappa shape index (κ1) is 18.8. The number of nitrogens with two attached hydrogens (primary N) is 2. The van der Waals surface area contributed by atoms with E-state index >= 15 is 0 Å². The number of anilines is 1. The van der Waals surface area contributed by atoms with Crippen LogP contribution in [-0.2, 0) is 17.6 Å². The number of hydrogen-bond acceptors (Lipinski definition) is 4. The number of amides is 1. The second-order valence-electron chi connectivity index (χ2n) is 6.13. The van der Waals surface area contributed by atoms with Crippen molar-refractivity contribution in [1.82, 2.24) is 0 Å². The molecule has 0 bridgehead atoms. The number of rotatable bonds is 10. The molecule has 0 fully saturated rings. The third-order valence-corrected chi connectivity index (χ3v) is 3.84. The highest BCUT2D eigenvalue weighted by Gasteiger charge is 2.07. The van der Waals surface area contributed by atoms with Crippen molar-refractivity contribution in [1.29, 1.82) is 0 Å². The molecule has 0 aromatic heterocycles. The molecule has 0 aliphatic carbocycles. The fraction of sp³-hybridized carbons (Fsp3) is 0.350. The van der Waals surface area contributed by atoms with Crippen LogP contribution in [0.1, 0.15) is 23.1 Å². The minimum atomic E-state index is -0.346. The van der Waals surface area contributed by atoms with E-state index in [1.165, 1.54) is 11.1 Å². The number of carbonyl (C=O) groups excluding carboxylic acids is 1. The molecule has 0 saturated carbocycles. The highest BCUT2D eigenvalue weighted by molar-refractivity contribution is 5.77. The van der Waals surface area contributed by atoms with Crippen LogP contribution in [0.3, 0.4) is 0 Å². The average Bonchev–Trinajstić information content (AvgIpc) is 2.57. The van der Waals surface area contributed by atoms with Gasteiger partial charge >= 0.3 is 0 Å². The van der Waals surface area contributed by atoms with Gasteiger partial charge in [0.05, 0.1) is 12.1 Å². The Morgan fingerprint density at radius 2 is 2.00 bits per heavy atom. The molecule has 25 heavy (non-hydrogen) atoms. The number of primary amides is 1. The van der Waals surface area contributed by atoms with Crippen LogP contribution in [0.4, 0.5) is 5.69 Å². The van der Waals surface area contributed by atoms with Gasteiger partial charge in [0.1, 0.15) is 12.4 Å². The Morgan fingerprint density at radius 1 is 1.16 bits per heavy atom. The zero-order valence-corrected chi connectivity index (χ0v) is 14.8. The number of aryl methyl sites for hydroxylation is 2. The summed E-state index contributed by atoms with van der Waals surface area (Å²) in [5, 5.41) is 3.40. The third-order valence-electron chi connectivity index (χ3n) is 3.84. The van der Waals surface area contributed by atoms with Crippen molar-refractivity contribution in [3.05, 3.63) is 59.2 Å². The van der Waals surface area contributed by atoms with Crippen LogP contribution in [0.25, 0.3) is 0 Å². The van der Waals surface area contributed by atoms with Gasteiger partial charge in [-0.15, -0.1) is 0 Å². The first-order valence-corrected chi connectivity index (χ1v) is 8.62. The fourth-order valence-corrected chi connectivity index (χ4v) is 2.70. The summed E-state index contributed by atoms with van der Waals surface area (Å²) in [5.74, 6) is 0.398. The lowest BCUT2D eigenvalue weighted by atomic mass is 10.1. The molecular formula is C20H27N3O2. The Kier molecular flexibility index (Phi) is 7.29. The van der Waals surface area contributed by atoms with Crippen molar-refractivity contribution in [2.45, 2.75) is 26.2 Å². The largest absolute Gasteiger partial charge is 0.490 e. The van der Waals surface area contributed by atoms with Gasteiger partial charge in [0.2, 0.25) is 5.91 Å². The minimum Gasteiger partial charge on any atom is -0.490 e. The third kappa shape index (κ3) is 6.47. The number of benzene rings is 2. The molecule has 0 saturated heterocycles. The zero-order chi connectivity index (χ0) is 18.1. The quantitative estimate of drug-likeness (QED) is 0.579. The van der Waals surface area contributed by atoms with Gasteiger partial charge in [-0.05, 0) is 43.0 Å². The molecule has 1 amide bonds. The normalized spacial score (nSPS) is 10.5. The van der Waals surface area contributed by atoms with E-state index < -0.39 is 0 Å². The van der Waals surface area contributed by atoms with E-state index in [1.807, 2.05) is 18.2 Å². The summed E-state index contributed by atoms with van der Waals surface area (Å²) in [6.07, 6.45) is 2.23. The fourth-order valence-electron chi connectivity index (χ4n) is 2.70. The topological polar surface area (TPSA) is 90.4 Å². The van der Waals surface area contributed by atoms with Crippen molar-refractivity contribution < 1.29 is 9.53 Å². The SMILES string of the molecule is Cc1cccc(CCCNc2cc(CC(N)=O)ccc2OCCN)c1. The zero-order valence-electron chi connectivity index (χ0n) is 14.8. The summed E-state index contributed by atoms with van der Waals surface area (Å²) in [7, 11) is 0. The lowest BCUT2D eigenvalue weighted by molar-refractivity contribution is -0.117. The van der Waals surface area contributed by atoms with Crippen LogP contribution in [0.2, 0.25) is 0 Å². The Morgan fingerprint density at radius 3 is 2.72 bits per heavy atom. The Bertz CT molecular complexity index is 701. The smallest absolute Gasteiger partial charge is 0.221 e. The lowest BCUT2D eigenvalue weighted by Gasteiger charge is -2.14. The number of ether oxygens (including phenoxy) is 1. The number of hydrogen-bond donors (Lipinski definition) is 3. The van der Waals surface area contributed by atoms with E-state index in [9.17, 15) is 4.79 Å². The molecule has 2 aromatic carbocycles. The Hall–Kier alpha value is -2.53. The maximum absolute atomic E-state index is 11.1. The maximum Gasteiger partial charge on any atom is 0.221 e. The predicted molar refractivity (Wildman–Crippen MR) is 102 cm³/mol. The first-order valence-electron chi connectivity index (χ1n) is 8.62. The highest BCUT2D eigenvalue weighted by Crippen LogP contribution is 2.26. The van der Waals surface area contributed by atoms with Crippen molar-refractivity contribution in [2.75, 3.05) is 25.0 Å². The molecule has 0 heterocycles. The maximum atomic E-state index is 11.1. The molecule has 0 aliphatic rings. The van der Waals surface area contributed by atoms with E-state index in [2.05, 4.69) is 36.5 Å². The van der Waals surface area contributed by atoms with E-state index in [0.717, 1.165) is 36.4 Å². The van der Waals surface area contributed by atoms with E-state index in [1.54, 1.807) is 0 Å². The van der Waals surface area contributed by atoms with Crippen molar-refractivity contribution in [3.63, 3.8) is 0 Å². The van der Waals surface area contributed by atoms with Gasteiger partial charge in [-0.2, -0.15) is 0 Å². The predicted octanol–water partition coefficient (Wildman–Crippen LogP) is 2.41. The van der Waals surface area contributed by atoms with Crippen LogP contribution >= 0.6 is 0 Å². The molecule has 2 rings (SSSR count). The molecule has 5 nitrogen and oxygen atoms in total. The van der Waals surface area contributed by atoms with Crippen LogP contribution in [0.5, 0.6) is 5.75 Å². The van der Waals surface area contributed by atoms with Gasteiger partial charge in [0.25, 0.3) is 0 Å². The highest BCUT2D eigenvalue weighted by atomic mass is 16.5. The van der Waals surface area contributed by atoms with Crippen molar-refractivity contribution in [2.24, 2.45) is 11.5 Å². The summed E-state index contributed by atoms with van der Waals surface area (Å²) in [6.45, 7) is 3.82. The van der Waals surface area contributed by atoms with Crippen LogP contribution in [0.15, 0.2) is 42.5 Å². The van der Waals surface area contributed by atoms with Crippen molar-refractivity contribution >= 4 is 11.6 Å². The molecule has 2 aromatic rings. The first-order chi connectivity index (χ1) is 12.1. The molecule has 0 aliphatic heterocycles. The minimum absolute atomic E-state index is 0.217. The van der Waals surface area contributed by atoms with Gasteiger partial charge < -0.3 is 21.5 Å². The number of nitrogens with one attached hydrogen (secondary N) is 1. The molecule has 134 valence electrons. The molecule has 0 unspecified atom stereocenters. The summed E-state index contributed by atoms with van der Waals surface area (Å²) >= 11 is 0. The summed E-state index contributed by atoms with van der Waals surface area (Å²) in [5.41, 5.74) is 15.2. The number of carbonyl (C=O) groups is 1. The average molecular weight is 341 g/mol. The van der Waals surface area contributed by atoms with Gasteiger partial charge in [-0.1, -0.05) is 35.9 Å². The second kappa shape index (κ2) is 9.69. The standard InChI is InChI=1S/C20H27N3O2/c1-15-4-2-5-16(12-15)6-3-10-23-18-13-17(14-20(22)24)7-8-19(18)25-11-9-21/h2,4-5,7-8,12-13,23H,3,6,9-11,14,21H2,1H3,(H2,22,24). The monoisotopic (exact) mass is 341 g/mol. The Labute approximate surface area is 149 Å². The molecule has 0 spiro atoms. The second-order valence-corrected chi connectivity index (χ2v) is 6.13. The summed E-state index contributed by atoms with van der Waals surface area (Å²) in [6, 6.07) is 14.2. The van der Waals surface area contributed by atoms with E-state index in [0.29, 0.717) is 13.2 Å².